The smallest absolute Gasteiger partial charge is 0.363 e. The average Bonchev–Trinajstić information content (AvgIpc) is 2.95. The lowest BCUT2D eigenvalue weighted by Gasteiger charge is -2.32. The zero-order valence-corrected chi connectivity index (χ0v) is 32.4. The summed E-state index contributed by atoms with van der Waals surface area (Å²) in [4.78, 5) is 18.2. The lowest BCUT2D eigenvalue weighted by Crippen LogP contribution is -2.37. The summed E-state index contributed by atoms with van der Waals surface area (Å²) in [6.07, 6.45) is 1.78. The largest absolute Gasteiger partial charge is 0.506 e. The van der Waals surface area contributed by atoms with Gasteiger partial charge in [0.25, 0.3) is 0 Å². The molecule has 6 nitrogen and oxygen atoms in total. The third-order valence-electron chi connectivity index (χ3n) is 5.29. The number of aliphatic imine (C=N–C) groups is 1. The van der Waals surface area contributed by atoms with Gasteiger partial charge in [-0.05, 0) is 51.6 Å². The van der Waals surface area contributed by atoms with Crippen molar-refractivity contribution in [2.45, 2.75) is 60.8 Å². The van der Waals surface area contributed by atoms with Gasteiger partial charge in [0.05, 0.1) is 35.2 Å². The van der Waals surface area contributed by atoms with E-state index in [1.165, 1.54) is 11.8 Å². The molecule has 0 saturated heterocycles. The van der Waals surface area contributed by atoms with E-state index in [4.69, 9.17) is 9.05 Å². The van der Waals surface area contributed by atoms with Crippen LogP contribution in [0.2, 0.25) is 0 Å². The number of aliphatic hydroxyl groups is 1. The minimum absolute atomic E-state index is 0. The van der Waals surface area contributed by atoms with E-state index in [2.05, 4.69) is 42.2 Å². The Morgan fingerprint density at radius 3 is 1.97 bits per heavy atom. The number of hydrogen-bond donors (Lipinski definition) is 1. The highest BCUT2D eigenvalue weighted by Crippen LogP contribution is 2.49. The van der Waals surface area contributed by atoms with Crippen LogP contribution in [0.5, 0.6) is 0 Å². The number of halogens is 3. The summed E-state index contributed by atoms with van der Waals surface area (Å²) in [5.41, 5.74) is 1.06. The van der Waals surface area contributed by atoms with Gasteiger partial charge in [0.15, 0.2) is 5.78 Å². The Labute approximate surface area is 279 Å². The van der Waals surface area contributed by atoms with Crippen LogP contribution in [-0.2, 0) is 23.8 Å². The van der Waals surface area contributed by atoms with Crippen LogP contribution in [0.3, 0.4) is 0 Å². The Kier molecular flexibility index (Phi) is 22.0. The molecule has 0 aliphatic heterocycles. The van der Waals surface area contributed by atoms with E-state index in [1.807, 2.05) is 59.7 Å². The quantitative estimate of drug-likeness (QED) is 0.129. The van der Waals surface area contributed by atoms with Gasteiger partial charge in [-0.3, -0.25) is 9.36 Å². The first-order valence-corrected chi connectivity index (χ1v) is 21.6. The first-order chi connectivity index (χ1) is 18.2. The van der Waals surface area contributed by atoms with Crippen molar-refractivity contribution in [2.24, 2.45) is 4.99 Å². The highest BCUT2D eigenvalue weighted by atomic mass is 128. The molecule has 220 valence electrons. The summed E-state index contributed by atoms with van der Waals surface area (Å²) in [6.45, 7) is 15.6. The van der Waals surface area contributed by atoms with Gasteiger partial charge >= 0.3 is 7.60 Å². The van der Waals surface area contributed by atoms with Gasteiger partial charge in [-0.1, -0.05) is 64.1 Å². The number of thioether (sulfide) groups is 1. The predicted molar refractivity (Wildman–Crippen MR) is 198 cm³/mol. The Morgan fingerprint density at radius 1 is 0.974 bits per heavy atom. The number of carbonyl (C=O) groups excluding carboxylic acids is 1. The molecule has 0 fully saturated rings. The molecule has 2 aromatic rings. The molecule has 0 bridgehead atoms. The minimum atomic E-state index is -3.61. The summed E-state index contributed by atoms with van der Waals surface area (Å²) in [5.74, 6) is -0.328. The van der Waals surface area contributed by atoms with Crippen molar-refractivity contribution in [2.75, 3.05) is 19.5 Å². The van der Waals surface area contributed by atoms with Crippen molar-refractivity contribution in [3.05, 3.63) is 65.2 Å². The van der Waals surface area contributed by atoms with Gasteiger partial charge in [-0.25, -0.2) is 4.99 Å². The second-order valence-corrected chi connectivity index (χ2v) is 10.5. The van der Waals surface area contributed by atoms with Crippen LogP contribution in [0.4, 0.5) is 5.69 Å². The number of nitrogens with zero attached hydrogens (tertiary/aromatic N) is 1. The molecule has 0 heterocycles. The van der Waals surface area contributed by atoms with Crippen molar-refractivity contribution in [1.82, 2.24) is 0 Å². The van der Waals surface area contributed by atoms with Crippen LogP contribution in [-0.4, -0.2) is 35.4 Å². The van der Waals surface area contributed by atoms with E-state index in [1.54, 1.807) is 50.4 Å². The van der Waals surface area contributed by atoms with E-state index in [0.29, 0.717) is 21.6 Å². The number of carbonyl (C=O) groups is 1. The normalized spacial score (nSPS) is 13.8. The van der Waals surface area contributed by atoms with Gasteiger partial charge in [0.1, 0.15) is 10.8 Å². The van der Waals surface area contributed by atoms with Crippen LogP contribution in [0.15, 0.2) is 59.1 Å². The van der Waals surface area contributed by atoms with E-state index < -0.39 is 13.0 Å². The molecule has 3 rings (SSSR count). The Balaban J connectivity index is 0. The minimum Gasteiger partial charge on any atom is -0.506 e. The van der Waals surface area contributed by atoms with Gasteiger partial charge < -0.3 is 14.2 Å². The maximum absolute atomic E-state index is 13.5. The number of hydrogen-bond acceptors (Lipinski definition) is 7. The first kappa shape index (κ1) is 41.1. The standard InChI is InChI=1S/C24H28NO5PS.2C2H6.I2.HI/c1-6-29-31(28,30-7-2)19-15-11-10-14-18(19)25-23(32-5)20-21(26)16-12-8-9-13-17(16)24(3,4)22(20)27;3*1-2;/h8-15,26H,6-7H2,1-5H3;2*1-2H3;;1H. The predicted octanol–water partition coefficient (Wildman–Crippen LogP) is 10.2. The molecule has 0 atom stereocenters. The van der Waals surface area contributed by atoms with E-state index in [-0.39, 0.29) is 54.3 Å². The van der Waals surface area contributed by atoms with Gasteiger partial charge in [-0.15, -0.1) is 35.7 Å². The van der Waals surface area contributed by atoms with E-state index in [9.17, 15) is 14.5 Å². The Bertz CT molecular complexity index is 1150. The molecule has 39 heavy (non-hydrogen) atoms. The maximum atomic E-state index is 13.5. The van der Waals surface area contributed by atoms with Crippen molar-refractivity contribution >= 4 is 108 Å². The number of rotatable bonds is 7. The second kappa shape index (κ2) is 20.8. The average molecular weight is 915 g/mol. The third kappa shape index (κ3) is 10.1. The van der Waals surface area contributed by atoms with Crippen LogP contribution in [0, 0.1) is 0 Å². The number of aliphatic hydroxyl groups excluding tert-OH is 1. The van der Waals surface area contributed by atoms with Crippen molar-refractivity contribution < 1.29 is 23.5 Å². The lowest BCUT2D eigenvalue weighted by molar-refractivity contribution is -0.119. The van der Waals surface area contributed by atoms with Crippen molar-refractivity contribution in [3.63, 3.8) is 0 Å². The number of benzene rings is 2. The van der Waals surface area contributed by atoms with E-state index >= 15 is 0 Å². The van der Waals surface area contributed by atoms with Gasteiger partial charge in [0.2, 0.25) is 0 Å². The molecule has 11 heteroatoms. The first-order valence-electron chi connectivity index (χ1n) is 12.5. The molecule has 0 spiro atoms. The molecule has 0 radical (unpaired) electrons. The zero-order valence-electron chi connectivity index (χ0n) is 24.1. The summed E-state index contributed by atoms with van der Waals surface area (Å²) in [6, 6.07) is 14.2. The second-order valence-electron chi connectivity index (χ2n) is 7.67. The molecular weight excluding hydrogens is 874 g/mol. The fourth-order valence-corrected chi connectivity index (χ4v) is 6.02. The molecule has 2 aromatic carbocycles. The molecule has 1 aliphatic carbocycles. The zero-order chi connectivity index (χ0) is 29.5. The molecule has 1 N–H and O–H groups in total. The fraction of sp³-hybridized carbons (Fsp3) is 0.429. The summed E-state index contributed by atoms with van der Waals surface area (Å²) in [7, 11) is -3.61. The Hall–Kier alpha value is 0.0100. The molecule has 0 amide bonds. The molecular formula is C28H41I3NO5PS. The highest BCUT2D eigenvalue weighted by molar-refractivity contribution is 15.0. The highest BCUT2D eigenvalue weighted by Gasteiger charge is 2.42. The number of Topliss-reactive ketones (excluding diaryl/α,β-unsaturated/α-hetero) is 1. The number of fused-ring (bicyclic) bond motifs is 1. The van der Waals surface area contributed by atoms with Gasteiger partial charge in [-0.2, -0.15) is 0 Å². The monoisotopic (exact) mass is 915 g/mol. The van der Waals surface area contributed by atoms with E-state index in [0.717, 1.165) is 5.56 Å². The Morgan fingerprint density at radius 2 is 1.46 bits per heavy atom. The topological polar surface area (TPSA) is 85.2 Å². The molecule has 0 saturated carbocycles. The molecule has 0 unspecified atom stereocenters. The number of ketones is 1. The van der Waals surface area contributed by atoms with Crippen molar-refractivity contribution in [1.29, 1.82) is 0 Å². The van der Waals surface area contributed by atoms with Crippen LogP contribution in [0.1, 0.15) is 66.5 Å². The molecule has 0 aromatic heterocycles. The number of para-hydroxylation sites is 1. The van der Waals surface area contributed by atoms with Crippen LogP contribution in [0.25, 0.3) is 5.76 Å². The summed E-state index contributed by atoms with van der Waals surface area (Å²) >= 11 is 5.48. The molecule has 1 aliphatic rings. The lowest BCUT2D eigenvalue weighted by atomic mass is 9.71. The SMILES string of the molecule is CC.CC.CCOP(=O)(OCC)c1ccccc1N=C(SC)C1=C(O)c2ccccc2C(C)(C)C1=O.I.II. The van der Waals surface area contributed by atoms with Crippen LogP contribution < -0.4 is 5.30 Å². The van der Waals surface area contributed by atoms with Gasteiger partial charge in [0, 0.05) is 42.8 Å². The summed E-state index contributed by atoms with van der Waals surface area (Å²) < 4.78 is 24.4. The summed E-state index contributed by atoms with van der Waals surface area (Å²) in [5, 5.41) is 11.7. The third-order valence-corrected chi connectivity index (χ3v) is 8.14. The fourth-order valence-electron chi connectivity index (χ4n) is 3.73. The maximum Gasteiger partial charge on any atom is 0.363 e. The van der Waals surface area contributed by atoms with Crippen LogP contribution >= 0.6 is 80.6 Å². The van der Waals surface area contributed by atoms with Crippen molar-refractivity contribution in [3.8, 4) is 0 Å².